The fourth-order valence-electron chi connectivity index (χ4n) is 2.57. The highest BCUT2D eigenvalue weighted by atomic mass is 35.5. The van der Waals surface area contributed by atoms with Crippen molar-refractivity contribution in [3.8, 4) is 0 Å². The fraction of sp³-hybridized carbons (Fsp3) is 0.158. The summed E-state index contributed by atoms with van der Waals surface area (Å²) in [6.45, 7) is -0.243. The van der Waals surface area contributed by atoms with Crippen LogP contribution in [0, 0.1) is 0 Å². The van der Waals surface area contributed by atoms with E-state index >= 15 is 0 Å². The summed E-state index contributed by atoms with van der Waals surface area (Å²) in [5.74, 6) is -1.66. The van der Waals surface area contributed by atoms with E-state index in [0.717, 1.165) is 11.3 Å². The molecule has 0 saturated carbocycles. The molecule has 152 valence electrons. The highest BCUT2D eigenvalue weighted by Gasteiger charge is 2.33. The molecular formula is C19H17ClN2O5S2. The Balaban J connectivity index is 1.66. The molecule has 0 spiro atoms. The molecule has 2 heterocycles. The van der Waals surface area contributed by atoms with Crippen LogP contribution in [0.25, 0.3) is 0 Å². The molecule has 3 rings (SSSR count). The summed E-state index contributed by atoms with van der Waals surface area (Å²) in [7, 11) is -3.80. The first-order valence-corrected chi connectivity index (χ1v) is 11.3. The SMILES string of the molecule is O=C(NCc1ccccc1Cl)C(=O)NC[C@@H](c1ccco1)S(=O)(=O)c1cccs1. The van der Waals surface area contributed by atoms with E-state index in [-0.39, 0.29) is 23.1 Å². The van der Waals surface area contributed by atoms with E-state index in [1.165, 1.54) is 18.4 Å². The van der Waals surface area contributed by atoms with Crippen LogP contribution in [0.5, 0.6) is 0 Å². The zero-order chi connectivity index (χ0) is 20.9. The van der Waals surface area contributed by atoms with Gasteiger partial charge in [-0.25, -0.2) is 8.42 Å². The van der Waals surface area contributed by atoms with Gasteiger partial charge in [0.2, 0.25) is 0 Å². The lowest BCUT2D eigenvalue weighted by molar-refractivity contribution is -0.139. The number of carbonyl (C=O) groups is 2. The van der Waals surface area contributed by atoms with Gasteiger partial charge in [0.1, 0.15) is 15.2 Å². The van der Waals surface area contributed by atoms with Gasteiger partial charge in [0.05, 0.1) is 6.26 Å². The van der Waals surface area contributed by atoms with Gasteiger partial charge in [-0.3, -0.25) is 9.59 Å². The normalized spacial score (nSPS) is 12.3. The second-order valence-corrected chi connectivity index (χ2v) is 9.68. The molecule has 2 amide bonds. The Morgan fingerprint density at radius 3 is 2.45 bits per heavy atom. The van der Waals surface area contributed by atoms with Crippen molar-refractivity contribution >= 4 is 44.6 Å². The number of amides is 2. The number of sulfone groups is 1. The van der Waals surface area contributed by atoms with Gasteiger partial charge in [-0.2, -0.15) is 0 Å². The van der Waals surface area contributed by atoms with Gasteiger partial charge in [0.15, 0.2) is 9.84 Å². The number of rotatable bonds is 7. The van der Waals surface area contributed by atoms with Crippen molar-refractivity contribution in [2.75, 3.05) is 6.54 Å². The topological polar surface area (TPSA) is 105 Å². The molecule has 0 aliphatic carbocycles. The molecule has 1 atom stereocenters. The smallest absolute Gasteiger partial charge is 0.309 e. The molecule has 7 nitrogen and oxygen atoms in total. The Labute approximate surface area is 176 Å². The molecule has 1 aromatic carbocycles. The molecule has 0 radical (unpaired) electrons. The molecule has 0 aliphatic heterocycles. The number of thiophene rings is 1. The number of carbonyl (C=O) groups excluding carboxylic acids is 2. The van der Waals surface area contributed by atoms with Crippen molar-refractivity contribution in [2.24, 2.45) is 0 Å². The zero-order valence-corrected chi connectivity index (χ0v) is 17.4. The fourth-order valence-corrected chi connectivity index (χ4v) is 5.56. The van der Waals surface area contributed by atoms with Crippen LogP contribution in [0.4, 0.5) is 0 Å². The van der Waals surface area contributed by atoms with E-state index in [2.05, 4.69) is 10.6 Å². The van der Waals surface area contributed by atoms with Crippen LogP contribution in [0.1, 0.15) is 16.6 Å². The van der Waals surface area contributed by atoms with E-state index in [9.17, 15) is 18.0 Å². The quantitative estimate of drug-likeness (QED) is 0.536. The van der Waals surface area contributed by atoms with Crippen molar-refractivity contribution < 1.29 is 22.4 Å². The minimum atomic E-state index is -3.80. The lowest BCUT2D eigenvalue weighted by Gasteiger charge is -2.15. The second-order valence-electron chi connectivity index (χ2n) is 5.97. The molecule has 0 fully saturated rings. The van der Waals surface area contributed by atoms with Gasteiger partial charge >= 0.3 is 11.8 Å². The van der Waals surface area contributed by atoms with Crippen LogP contribution < -0.4 is 10.6 Å². The largest absolute Gasteiger partial charge is 0.468 e. The first-order valence-electron chi connectivity index (χ1n) is 8.50. The summed E-state index contributed by atoms with van der Waals surface area (Å²) in [5.41, 5.74) is 0.657. The van der Waals surface area contributed by atoms with Crippen LogP contribution in [0.15, 0.2) is 68.8 Å². The molecule has 10 heteroatoms. The van der Waals surface area contributed by atoms with Crippen LogP contribution in [0.3, 0.4) is 0 Å². The number of hydrogen-bond acceptors (Lipinski definition) is 6. The van der Waals surface area contributed by atoms with Crippen molar-refractivity contribution in [3.05, 3.63) is 76.5 Å². The highest BCUT2D eigenvalue weighted by molar-refractivity contribution is 7.93. The van der Waals surface area contributed by atoms with E-state index in [4.69, 9.17) is 16.0 Å². The van der Waals surface area contributed by atoms with Crippen molar-refractivity contribution in [2.45, 2.75) is 16.0 Å². The summed E-state index contributed by atoms with van der Waals surface area (Å²) in [6.07, 6.45) is 1.35. The number of nitrogens with one attached hydrogen (secondary N) is 2. The third-order valence-electron chi connectivity index (χ3n) is 4.06. The van der Waals surface area contributed by atoms with Gasteiger partial charge in [-0.15, -0.1) is 11.3 Å². The Morgan fingerprint density at radius 1 is 1.03 bits per heavy atom. The van der Waals surface area contributed by atoms with Gasteiger partial charge in [0.25, 0.3) is 0 Å². The lowest BCUT2D eigenvalue weighted by atomic mass is 10.2. The first kappa shape index (κ1) is 21.1. The van der Waals surface area contributed by atoms with Gasteiger partial charge in [-0.05, 0) is 35.2 Å². The zero-order valence-electron chi connectivity index (χ0n) is 15.0. The number of halogens is 1. The van der Waals surface area contributed by atoms with Crippen molar-refractivity contribution in [1.29, 1.82) is 0 Å². The maximum atomic E-state index is 12.9. The highest BCUT2D eigenvalue weighted by Crippen LogP contribution is 2.31. The van der Waals surface area contributed by atoms with E-state index in [1.807, 2.05) is 0 Å². The molecule has 0 unspecified atom stereocenters. The summed E-state index contributed by atoms with van der Waals surface area (Å²) >= 11 is 7.09. The number of furan rings is 1. The summed E-state index contributed by atoms with van der Waals surface area (Å²) < 4.78 is 31.2. The summed E-state index contributed by atoms with van der Waals surface area (Å²) in [4.78, 5) is 24.2. The van der Waals surface area contributed by atoms with E-state index < -0.39 is 26.9 Å². The molecular weight excluding hydrogens is 436 g/mol. The predicted molar refractivity (Wildman–Crippen MR) is 109 cm³/mol. The van der Waals surface area contributed by atoms with Crippen LogP contribution >= 0.6 is 22.9 Å². The Bertz CT molecular complexity index is 1080. The monoisotopic (exact) mass is 452 g/mol. The Kier molecular flexibility index (Phi) is 6.73. The maximum absolute atomic E-state index is 12.9. The minimum absolute atomic E-state index is 0.0705. The second kappa shape index (κ2) is 9.25. The van der Waals surface area contributed by atoms with Gasteiger partial charge in [-0.1, -0.05) is 35.9 Å². The maximum Gasteiger partial charge on any atom is 0.309 e. The number of benzene rings is 1. The molecule has 2 N–H and O–H groups in total. The molecule has 3 aromatic rings. The van der Waals surface area contributed by atoms with Gasteiger partial charge in [0, 0.05) is 18.1 Å². The van der Waals surface area contributed by atoms with Crippen LogP contribution in [-0.2, 0) is 26.0 Å². The summed E-state index contributed by atoms with van der Waals surface area (Å²) in [5, 5.41) is 5.78. The van der Waals surface area contributed by atoms with E-state index in [1.54, 1.807) is 41.8 Å². The van der Waals surface area contributed by atoms with Gasteiger partial charge < -0.3 is 15.1 Å². The van der Waals surface area contributed by atoms with Crippen LogP contribution in [-0.4, -0.2) is 26.8 Å². The molecule has 29 heavy (non-hydrogen) atoms. The number of hydrogen-bond donors (Lipinski definition) is 2. The summed E-state index contributed by atoms with van der Waals surface area (Å²) in [6, 6.07) is 13.1. The molecule has 2 aromatic heterocycles. The van der Waals surface area contributed by atoms with Crippen molar-refractivity contribution in [1.82, 2.24) is 10.6 Å². The third-order valence-corrected chi connectivity index (χ3v) is 7.92. The molecule has 0 saturated heterocycles. The molecule has 0 aliphatic rings. The van der Waals surface area contributed by atoms with Crippen molar-refractivity contribution in [3.63, 3.8) is 0 Å². The van der Waals surface area contributed by atoms with Crippen LogP contribution in [0.2, 0.25) is 5.02 Å². The average Bonchev–Trinajstić information content (AvgIpc) is 3.41. The van der Waals surface area contributed by atoms with E-state index in [0.29, 0.717) is 10.6 Å². The molecule has 0 bridgehead atoms. The predicted octanol–water partition coefficient (Wildman–Crippen LogP) is 2.94. The average molecular weight is 453 g/mol. The minimum Gasteiger partial charge on any atom is -0.468 e. The first-order chi connectivity index (χ1) is 13.9. The standard InChI is InChI=1S/C19H17ClN2O5S2/c20-14-6-2-1-5-13(14)11-21-18(23)19(24)22-12-16(15-7-3-9-27-15)29(25,26)17-8-4-10-28-17/h1-10,16H,11-12H2,(H,21,23)(H,22,24)/t16-/m0/s1. The third kappa shape index (κ3) is 5.06. The Morgan fingerprint density at radius 2 is 1.79 bits per heavy atom. The Hall–Kier alpha value is -2.62. The lowest BCUT2D eigenvalue weighted by Crippen LogP contribution is -2.42.